The van der Waals surface area contributed by atoms with Gasteiger partial charge < -0.3 is 25.4 Å². The van der Waals surface area contributed by atoms with Gasteiger partial charge in [-0.05, 0) is 38.2 Å². The zero-order valence-electron chi connectivity index (χ0n) is 14.1. The summed E-state index contributed by atoms with van der Waals surface area (Å²) < 4.78 is 10.5. The lowest BCUT2D eigenvalue weighted by Crippen LogP contribution is -2.26. The van der Waals surface area contributed by atoms with Gasteiger partial charge in [-0.1, -0.05) is 13.8 Å². The summed E-state index contributed by atoms with van der Waals surface area (Å²) >= 11 is 0. The summed E-state index contributed by atoms with van der Waals surface area (Å²) in [6, 6.07) is 5.49. The van der Waals surface area contributed by atoms with Crippen molar-refractivity contribution < 1.29 is 9.47 Å². The lowest BCUT2D eigenvalue weighted by molar-refractivity contribution is 0.302. The van der Waals surface area contributed by atoms with Gasteiger partial charge in [0.05, 0.1) is 19.9 Å². The summed E-state index contributed by atoms with van der Waals surface area (Å²) in [5.74, 6) is 1.81. The van der Waals surface area contributed by atoms with E-state index < -0.39 is 0 Å². The Kier molecular flexibility index (Phi) is 8.14. The maximum absolute atomic E-state index is 5.93. The molecule has 6 heteroatoms. The zero-order chi connectivity index (χ0) is 16.4. The summed E-state index contributed by atoms with van der Waals surface area (Å²) in [6.45, 7) is 8.19. The second kappa shape index (κ2) is 9.89. The number of methoxy groups -OCH3 is 2. The summed E-state index contributed by atoms with van der Waals surface area (Å²) in [6.07, 6.45) is 0.985. The Labute approximate surface area is 133 Å². The van der Waals surface area contributed by atoms with Gasteiger partial charge >= 0.3 is 0 Å². The number of nitrogens with zero attached hydrogens (tertiary/aromatic N) is 2. The smallest absolute Gasteiger partial charge is 0.193 e. The number of guanidine groups is 1. The van der Waals surface area contributed by atoms with Crippen LogP contribution in [0.15, 0.2) is 23.2 Å². The number of anilines is 1. The maximum atomic E-state index is 5.93. The van der Waals surface area contributed by atoms with Gasteiger partial charge in [0.25, 0.3) is 0 Å². The lowest BCUT2D eigenvalue weighted by atomic mass is 10.2. The highest BCUT2D eigenvalue weighted by molar-refractivity contribution is 5.93. The second-order valence-corrected chi connectivity index (χ2v) is 4.84. The van der Waals surface area contributed by atoms with Crippen LogP contribution in [0, 0.1) is 0 Å². The highest BCUT2D eigenvalue weighted by Crippen LogP contribution is 2.28. The van der Waals surface area contributed by atoms with Crippen LogP contribution < -0.4 is 20.5 Å². The third-order valence-electron chi connectivity index (χ3n) is 3.48. The topological polar surface area (TPSA) is 72.1 Å². The molecule has 1 aromatic carbocycles. The van der Waals surface area contributed by atoms with Crippen LogP contribution in [0.4, 0.5) is 5.69 Å². The molecule has 0 radical (unpaired) electrons. The zero-order valence-corrected chi connectivity index (χ0v) is 14.1. The van der Waals surface area contributed by atoms with Crippen LogP contribution in [-0.4, -0.2) is 51.3 Å². The SMILES string of the molecule is CCN(CC)CCCN=C(N)Nc1cc(OC)ccc1OC. The standard InChI is InChI=1S/C16H28N4O2/c1-5-20(6-2)11-7-10-18-16(17)19-14-12-13(21-3)8-9-15(14)22-4/h8-9,12H,5-7,10-11H2,1-4H3,(H3,17,18,19). The first-order valence-electron chi connectivity index (χ1n) is 7.65. The van der Waals surface area contributed by atoms with Gasteiger partial charge in [-0.2, -0.15) is 0 Å². The minimum atomic E-state index is 0.381. The minimum Gasteiger partial charge on any atom is -0.497 e. The number of nitrogens with one attached hydrogen (secondary N) is 1. The fourth-order valence-corrected chi connectivity index (χ4v) is 2.12. The van der Waals surface area contributed by atoms with Crippen molar-refractivity contribution >= 4 is 11.6 Å². The molecule has 0 aromatic heterocycles. The number of nitrogens with two attached hydrogens (primary N) is 1. The van der Waals surface area contributed by atoms with Crippen molar-refractivity contribution in [3.8, 4) is 11.5 Å². The van der Waals surface area contributed by atoms with E-state index in [1.807, 2.05) is 18.2 Å². The fourth-order valence-electron chi connectivity index (χ4n) is 2.12. The summed E-state index contributed by atoms with van der Waals surface area (Å²) in [5, 5.41) is 3.06. The van der Waals surface area contributed by atoms with Crippen LogP contribution in [-0.2, 0) is 0 Å². The van der Waals surface area contributed by atoms with Gasteiger partial charge in [0.2, 0.25) is 0 Å². The van der Waals surface area contributed by atoms with Crippen LogP contribution in [0.5, 0.6) is 11.5 Å². The number of hydrogen-bond acceptors (Lipinski definition) is 4. The molecule has 0 unspecified atom stereocenters. The van der Waals surface area contributed by atoms with E-state index >= 15 is 0 Å². The Hall–Kier alpha value is -1.95. The molecule has 0 spiro atoms. The molecule has 0 aliphatic rings. The molecule has 0 fully saturated rings. The van der Waals surface area contributed by atoms with E-state index in [1.54, 1.807) is 14.2 Å². The Morgan fingerprint density at radius 3 is 2.55 bits per heavy atom. The first kappa shape index (κ1) is 18.1. The van der Waals surface area contributed by atoms with E-state index in [2.05, 4.69) is 29.1 Å². The highest BCUT2D eigenvalue weighted by Gasteiger charge is 2.06. The van der Waals surface area contributed by atoms with Crippen molar-refractivity contribution in [3.63, 3.8) is 0 Å². The molecule has 0 amide bonds. The van der Waals surface area contributed by atoms with Gasteiger partial charge in [-0.3, -0.25) is 4.99 Å². The third kappa shape index (κ3) is 5.81. The molecule has 0 atom stereocenters. The summed E-state index contributed by atoms with van der Waals surface area (Å²) in [5.41, 5.74) is 6.67. The van der Waals surface area contributed by atoms with Gasteiger partial charge in [0.1, 0.15) is 11.5 Å². The average molecular weight is 308 g/mol. The first-order valence-corrected chi connectivity index (χ1v) is 7.65. The van der Waals surface area contributed by atoms with Crippen LogP contribution in [0.2, 0.25) is 0 Å². The molecular formula is C16H28N4O2. The molecular weight excluding hydrogens is 280 g/mol. The monoisotopic (exact) mass is 308 g/mol. The molecule has 1 aromatic rings. The molecule has 1 rings (SSSR count). The van der Waals surface area contributed by atoms with Crippen molar-refractivity contribution in [1.82, 2.24) is 4.90 Å². The van der Waals surface area contributed by atoms with E-state index in [1.165, 1.54) is 0 Å². The third-order valence-corrected chi connectivity index (χ3v) is 3.48. The van der Waals surface area contributed by atoms with Gasteiger partial charge in [0.15, 0.2) is 5.96 Å². The predicted molar refractivity (Wildman–Crippen MR) is 92.1 cm³/mol. The molecule has 0 heterocycles. The second-order valence-electron chi connectivity index (χ2n) is 4.84. The van der Waals surface area contributed by atoms with Crippen molar-refractivity contribution in [1.29, 1.82) is 0 Å². The molecule has 124 valence electrons. The van der Waals surface area contributed by atoms with E-state index in [-0.39, 0.29) is 0 Å². The molecule has 6 nitrogen and oxygen atoms in total. The maximum Gasteiger partial charge on any atom is 0.193 e. The predicted octanol–water partition coefficient (Wildman–Crippen LogP) is 2.16. The summed E-state index contributed by atoms with van der Waals surface area (Å²) in [4.78, 5) is 6.72. The molecule has 3 N–H and O–H groups in total. The van der Waals surface area contributed by atoms with Crippen molar-refractivity contribution in [2.45, 2.75) is 20.3 Å². The number of hydrogen-bond donors (Lipinski definition) is 2. The molecule has 0 aliphatic carbocycles. The Morgan fingerprint density at radius 1 is 1.23 bits per heavy atom. The van der Waals surface area contributed by atoms with Crippen LogP contribution >= 0.6 is 0 Å². The number of benzene rings is 1. The average Bonchev–Trinajstić information content (AvgIpc) is 2.55. The van der Waals surface area contributed by atoms with Crippen LogP contribution in [0.25, 0.3) is 0 Å². The molecule has 0 saturated heterocycles. The minimum absolute atomic E-state index is 0.381. The largest absolute Gasteiger partial charge is 0.497 e. The van der Waals surface area contributed by atoms with Gasteiger partial charge in [0, 0.05) is 12.6 Å². The van der Waals surface area contributed by atoms with E-state index in [0.29, 0.717) is 18.3 Å². The quantitative estimate of drug-likeness (QED) is 0.415. The first-order chi connectivity index (χ1) is 10.6. The Balaban J connectivity index is 2.56. The van der Waals surface area contributed by atoms with Gasteiger partial charge in [-0.15, -0.1) is 0 Å². The van der Waals surface area contributed by atoms with E-state index in [9.17, 15) is 0 Å². The normalized spacial score (nSPS) is 11.6. The van der Waals surface area contributed by atoms with Crippen LogP contribution in [0.3, 0.4) is 0 Å². The highest BCUT2D eigenvalue weighted by atomic mass is 16.5. The van der Waals surface area contributed by atoms with Crippen molar-refractivity contribution in [3.05, 3.63) is 18.2 Å². The number of rotatable bonds is 9. The fraction of sp³-hybridized carbons (Fsp3) is 0.562. The lowest BCUT2D eigenvalue weighted by Gasteiger charge is -2.17. The van der Waals surface area contributed by atoms with Crippen LogP contribution in [0.1, 0.15) is 20.3 Å². The molecule has 0 aliphatic heterocycles. The summed E-state index contributed by atoms with van der Waals surface area (Å²) in [7, 11) is 3.24. The van der Waals surface area contributed by atoms with Gasteiger partial charge in [-0.25, -0.2) is 0 Å². The number of aliphatic imine (C=N–C) groups is 1. The number of ether oxygens (including phenoxy) is 2. The molecule has 0 saturated carbocycles. The molecule has 0 bridgehead atoms. The van der Waals surface area contributed by atoms with E-state index in [4.69, 9.17) is 15.2 Å². The van der Waals surface area contributed by atoms with Crippen molar-refractivity contribution in [2.75, 3.05) is 45.7 Å². The van der Waals surface area contributed by atoms with E-state index in [0.717, 1.165) is 37.5 Å². The molecule has 22 heavy (non-hydrogen) atoms. The Morgan fingerprint density at radius 2 is 1.95 bits per heavy atom. The Bertz CT molecular complexity index is 473. The van der Waals surface area contributed by atoms with Crippen molar-refractivity contribution in [2.24, 2.45) is 10.7 Å².